The maximum Gasteiger partial charge on any atom is 0.316 e. The van der Waals surface area contributed by atoms with Crippen LogP contribution in [0.5, 0.6) is 6.01 Å². The van der Waals surface area contributed by atoms with Gasteiger partial charge >= 0.3 is 6.01 Å². The summed E-state index contributed by atoms with van der Waals surface area (Å²) in [6.45, 7) is 3.38. The Kier molecular flexibility index (Phi) is 6.23. The molecule has 6 heteroatoms. The Morgan fingerprint density at radius 1 is 1.08 bits per heavy atom. The highest BCUT2D eigenvalue weighted by Crippen LogP contribution is 2.33. The van der Waals surface area contributed by atoms with Gasteiger partial charge in [0, 0.05) is 35.2 Å². The number of rotatable bonds is 9. The summed E-state index contributed by atoms with van der Waals surface area (Å²) in [7, 11) is 0. The molecule has 5 nitrogen and oxygen atoms in total. The van der Waals surface area contributed by atoms with Gasteiger partial charge in [-0.3, -0.25) is 4.68 Å². The van der Waals surface area contributed by atoms with E-state index in [-0.39, 0.29) is 5.41 Å². The Bertz CT molecular complexity index is 777. The molecule has 1 aromatic carbocycles. The second-order valence-electron chi connectivity index (χ2n) is 6.41. The Balaban J connectivity index is 1.93. The van der Waals surface area contributed by atoms with Crippen molar-refractivity contribution >= 4 is 11.6 Å². The third-order valence-electron chi connectivity index (χ3n) is 4.51. The summed E-state index contributed by atoms with van der Waals surface area (Å²) < 4.78 is 7.96. The molecule has 0 spiro atoms. The number of unbranched alkanes of at least 4 members (excludes halogenated alkanes) is 1. The zero-order valence-electron chi connectivity index (χ0n) is 14.9. The average molecular weight is 371 g/mol. The molecule has 136 valence electrons. The summed E-state index contributed by atoms with van der Waals surface area (Å²) in [4.78, 5) is 8.38. The third kappa shape index (κ3) is 4.61. The molecule has 2 heterocycles. The molecular formula is C20H23ClN4O. The molecule has 0 amide bonds. The lowest BCUT2D eigenvalue weighted by molar-refractivity contribution is 0.165. The number of nitrogens with zero attached hydrogens (tertiary/aromatic N) is 4. The predicted molar refractivity (Wildman–Crippen MR) is 102 cm³/mol. The summed E-state index contributed by atoms with van der Waals surface area (Å²) in [6.07, 6.45) is 10.3. The zero-order valence-corrected chi connectivity index (χ0v) is 15.6. The molecule has 1 atom stereocenters. The maximum absolute atomic E-state index is 6.11. The molecule has 3 rings (SSSR count). The van der Waals surface area contributed by atoms with Crippen LogP contribution in [0.1, 0.15) is 31.7 Å². The van der Waals surface area contributed by atoms with Crippen LogP contribution in [0.4, 0.5) is 0 Å². The predicted octanol–water partition coefficient (Wildman–Crippen LogP) is 4.53. The summed E-state index contributed by atoms with van der Waals surface area (Å²) >= 11 is 6.11. The Labute approximate surface area is 159 Å². The second-order valence-corrected chi connectivity index (χ2v) is 6.85. The van der Waals surface area contributed by atoms with E-state index >= 15 is 0 Å². The van der Waals surface area contributed by atoms with Gasteiger partial charge in [0.05, 0.1) is 6.54 Å². The molecule has 0 aliphatic heterocycles. The molecule has 2 aromatic heterocycles. The van der Waals surface area contributed by atoms with Crippen molar-refractivity contribution < 1.29 is 4.74 Å². The molecule has 0 saturated heterocycles. The summed E-state index contributed by atoms with van der Waals surface area (Å²) in [5.41, 5.74) is 0.938. The van der Waals surface area contributed by atoms with Crippen molar-refractivity contribution in [1.82, 2.24) is 19.7 Å². The van der Waals surface area contributed by atoms with Crippen molar-refractivity contribution in [3.05, 3.63) is 71.8 Å². The van der Waals surface area contributed by atoms with E-state index in [0.29, 0.717) is 19.2 Å². The van der Waals surface area contributed by atoms with Gasteiger partial charge in [-0.2, -0.15) is 5.10 Å². The van der Waals surface area contributed by atoms with Gasteiger partial charge in [-0.05, 0) is 36.2 Å². The number of hydrogen-bond acceptors (Lipinski definition) is 4. The first kappa shape index (κ1) is 18.4. The summed E-state index contributed by atoms with van der Waals surface area (Å²) in [6, 6.07) is 12.1. The highest BCUT2D eigenvalue weighted by molar-refractivity contribution is 6.30. The van der Waals surface area contributed by atoms with Gasteiger partial charge in [0.15, 0.2) is 0 Å². The number of ether oxygens (including phenoxy) is 1. The van der Waals surface area contributed by atoms with Crippen LogP contribution < -0.4 is 4.74 Å². The molecule has 0 radical (unpaired) electrons. The second kappa shape index (κ2) is 8.81. The molecule has 0 aliphatic carbocycles. The van der Waals surface area contributed by atoms with Crippen molar-refractivity contribution in [3.8, 4) is 6.01 Å². The highest BCUT2D eigenvalue weighted by atomic mass is 35.5. The lowest BCUT2D eigenvalue weighted by Crippen LogP contribution is -2.38. The van der Waals surface area contributed by atoms with Gasteiger partial charge in [0.25, 0.3) is 0 Å². The first-order valence-corrected chi connectivity index (χ1v) is 9.23. The van der Waals surface area contributed by atoms with E-state index in [1.54, 1.807) is 24.7 Å². The van der Waals surface area contributed by atoms with Crippen LogP contribution in [0.2, 0.25) is 5.02 Å². The third-order valence-corrected chi connectivity index (χ3v) is 4.76. The smallest absolute Gasteiger partial charge is 0.316 e. The fourth-order valence-electron chi connectivity index (χ4n) is 3.10. The lowest BCUT2D eigenvalue weighted by atomic mass is 9.76. The molecule has 0 bridgehead atoms. The number of aromatic nitrogens is 4. The van der Waals surface area contributed by atoms with Crippen LogP contribution in [0.3, 0.4) is 0 Å². The minimum atomic E-state index is -0.244. The van der Waals surface area contributed by atoms with Crippen molar-refractivity contribution in [3.63, 3.8) is 0 Å². The van der Waals surface area contributed by atoms with E-state index in [2.05, 4.69) is 34.1 Å². The zero-order chi connectivity index (χ0) is 18.2. The molecule has 0 N–H and O–H groups in total. The van der Waals surface area contributed by atoms with Gasteiger partial charge in [-0.25, -0.2) is 9.97 Å². The molecule has 0 fully saturated rings. The van der Waals surface area contributed by atoms with Gasteiger partial charge in [0.1, 0.15) is 6.61 Å². The van der Waals surface area contributed by atoms with E-state index in [0.717, 1.165) is 24.3 Å². The SMILES string of the molecule is CCCCC(COc1ncccn1)(Cn1cccn1)c1ccc(Cl)cc1. The molecule has 0 aliphatic rings. The Morgan fingerprint density at radius 2 is 1.85 bits per heavy atom. The maximum atomic E-state index is 6.11. The van der Waals surface area contributed by atoms with Crippen molar-refractivity contribution in [2.75, 3.05) is 6.61 Å². The van der Waals surface area contributed by atoms with Gasteiger partial charge in [-0.15, -0.1) is 0 Å². The Hall–Kier alpha value is -2.40. The molecule has 0 saturated carbocycles. The van der Waals surface area contributed by atoms with Gasteiger partial charge < -0.3 is 4.74 Å². The van der Waals surface area contributed by atoms with Crippen LogP contribution in [0.25, 0.3) is 0 Å². The van der Waals surface area contributed by atoms with Crippen LogP contribution in [-0.4, -0.2) is 26.4 Å². The summed E-state index contributed by atoms with van der Waals surface area (Å²) in [5, 5.41) is 5.14. The molecular weight excluding hydrogens is 348 g/mol. The largest absolute Gasteiger partial charge is 0.462 e. The lowest BCUT2D eigenvalue weighted by Gasteiger charge is -2.34. The monoisotopic (exact) mass is 370 g/mol. The van der Waals surface area contributed by atoms with E-state index in [4.69, 9.17) is 16.3 Å². The van der Waals surface area contributed by atoms with E-state index in [9.17, 15) is 0 Å². The number of benzene rings is 1. The fourth-order valence-corrected chi connectivity index (χ4v) is 3.23. The molecule has 1 unspecified atom stereocenters. The van der Waals surface area contributed by atoms with E-state index in [1.165, 1.54) is 5.56 Å². The summed E-state index contributed by atoms with van der Waals surface area (Å²) in [5.74, 6) is 0. The van der Waals surface area contributed by atoms with Crippen molar-refractivity contribution in [1.29, 1.82) is 0 Å². The number of halogens is 1. The van der Waals surface area contributed by atoms with E-state index < -0.39 is 0 Å². The van der Waals surface area contributed by atoms with Crippen LogP contribution in [0, 0.1) is 0 Å². The first-order chi connectivity index (χ1) is 12.7. The normalized spacial score (nSPS) is 13.3. The van der Waals surface area contributed by atoms with Crippen molar-refractivity contribution in [2.45, 2.75) is 38.1 Å². The van der Waals surface area contributed by atoms with Gasteiger partial charge in [0.2, 0.25) is 0 Å². The topological polar surface area (TPSA) is 52.8 Å². The van der Waals surface area contributed by atoms with Crippen LogP contribution in [0.15, 0.2) is 61.2 Å². The van der Waals surface area contributed by atoms with Crippen LogP contribution >= 0.6 is 11.6 Å². The first-order valence-electron chi connectivity index (χ1n) is 8.85. The highest BCUT2D eigenvalue weighted by Gasteiger charge is 2.34. The molecule has 26 heavy (non-hydrogen) atoms. The van der Waals surface area contributed by atoms with E-state index in [1.807, 2.05) is 29.1 Å². The minimum absolute atomic E-state index is 0.244. The molecule has 3 aromatic rings. The Morgan fingerprint density at radius 3 is 2.50 bits per heavy atom. The fraction of sp³-hybridized carbons (Fsp3) is 0.350. The van der Waals surface area contributed by atoms with Crippen LogP contribution in [-0.2, 0) is 12.0 Å². The van der Waals surface area contributed by atoms with Crippen molar-refractivity contribution in [2.24, 2.45) is 0 Å². The van der Waals surface area contributed by atoms with Gasteiger partial charge in [-0.1, -0.05) is 43.5 Å². The number of hydrogen-bond donors (Lipinski definition) is 0. The minimum Gasteiger partial charge on any atom is -0.462 e. The quantitative estimate of drug-likeness (QED) is 0.555. The standard InChI is InChI=1S/C20H23ClN4O/c1-2-3-10-20(15-25-14-5-13-24-25,17-6-8-18(21)9-7-17)16-26-19-22-11-4-12-23-19/h4-9,11-14H,2-3,10,15-16H2,1H3. The average Bonchev–Trinajstić information content (AvgIpc) is 3.18.